The van der Waals surface area contributed by atoms with Gasteiger partial charge in [0, 0.05) is 12.4 Å². The van der Waals surface area contributed by atoms with Gasteiger partial charge in [-0.3, -0.25) is 25.6 Å². The normalized spacial score (nSPS) is 28.1. The van der Waals surface area contributed by atoms with E-state index in [0.29, 0.717) is 36.3 Å². The number of ketones is 1. The number of ether oxygens (including phenoxy) is 2. The van der Waals surface area contributed by atoms with Crippen molar-refractivity contribution in [3.8, 4) is 11.4 Å². The first-order valence-corrected chi connectivity index (χ1v) is 16.5. The van der Waals surface area contributed by atoms with E-state index in [1.165, 1.54) is 0 Å². The molecule has 288 valence electrons. The Kier molecular flexibility index (Phi) is 12.3. The van der Waals surface area contributed by atoms with Crippen LogP contribution in [0.25, 0.3) is 17.1 Å². The van der Waals surface area contributed by atoms with Gasteiger partial charge >= 0.3 is 12.4 Å². The van der Waals surface area contributed by atoms with E-state index < -0.39 is 106 Å². The van der Waals surface area contributed by atoms with Crippen LogP contribution in [0.1, 0.15) is 22.9 Å². The number of aliphatic imine (C=N–C) groups is 1. The number of nitrogens with one attached hydrogen (secondary N) is 1. The van der Waals surface area contributed by atoms with Crippen molar-refractivity contribution >= 4 is 52.2 Å². The van der Waals surface area contributed by atoms with Crippen LogP contribution in [0.3, 0.4) is 0 Å². The minimum absolute atomic E-state index is 0.150. The average molecular weight is 820 g/mol. The number of nitrogens with zero attached hydrogens (tertiary/aromatic N) is 6. The number of hydrogen-bond donors (Lipinski definition) is 7. The number of carbonyl (C=O) groups is 1. The van der Waals surface area contributed by atoms with Crippen LogP contribution in [0, 0.1) is 0 Å². The number of pyridine rings is 2. The molecule has 16 nitrogen and oxygen atoms in total. The maximum absolute atomic E-state index is 13.1. The summed E-state index contributed by atoms with van der Waals surface area (Å²) in [5.41, 5.74) is -4.78. The Balaban J connectivity index is 1.41. The number of thioether (sulfide) groups is 1. The summed E-state index contributed by atoms with van der Waals surface area (Å²) in [7, 11) is 0. The summed E-state index contributed by atoms with van der Waals surface area (Å²) in [6.07, 6.45) is -14.9. The highest BCUT2D eigenvalue weighted by Gasteiger charge is 2.50. The van der Waals surface area contributed by atoms with Crippen molar-refractivity contribution in [2.24, 2.45) is 10.8 Å². The van der Waals surface area contributed by atoms with E-state index in [9.17, 15) is 56.7 Å². The summed E-state index contributed by atoms with van der Waals surface area (Å²) in [4.78, 5) is 24.3. The van der Waals surface area contributed by atoms with Gasteiger partial charge in [0.15, 0.2) is 0 Å². The summed E-state index contributed by atoms with van der Waals surface area (Å²) in [6.45, 7) is -1.73. The maximum Gasteiger partial charge on any atom is 0.417 e. The third-order valence-electron chi connectivity index (χ3n) is 7.80. The molecule has 2 saturated heterocycles. The molecule has 3 aromatic heterocycles. The van der Waals surface area contributed by atoms with Crippen LogP contribution < -0.4 is 11.3 Å². The number of Topliss-reactive ketones (excluding diaryl/α,β-unsaturated/α-hetero) is 1. The monoisotopic (exact) mass is 818 g/mol. The van der Waals surface area contributed by atoms with Gasteiger partial charge in [-0.1, -0.05) is 40.2 Å². The fourth-order valence-electron chi connectivity index (χ4n) is 5.14. The van der Waals surface area contributed by atoms with Crippen molar-refractivity contribution in [2.75, 3.05) is 13.2 Å². The first-order valence-electron chi connectivity index (χ1n) is 14.8. The highest BCUT2D eigenvalue weighted by atomic mass is 35.5. The molecule has 5 rings (SSSR count). The summed E-state index contributed by atoms with van der Waals surface area (Å²) in [5, 5.41) is 60.1. The van der Waals surface area contributed by atoms with E-state index in [1.54, 1.807) is 0 Å². The van der Waals surface area contributed by atoms with E-state index in [4.69, 9.17) is 38.5 Å². The fraction of sp³-hybridized carbons (Fsp3) is 0.429. The third kappa shape index (κ3) is 8.59. The Bertz CT molecular complexity index is 1890. The van der Waals surface area contributed by atoms with E-state index in [0.717, 1.165) is 17.1 Å². The second kappa shape index (κ2) is 16.1. The molecule has 0 aliphatic carbocycles. The van der Waals surface area contributed by atoms with Crippen LogP contribution in [-0.4, -0.2) is 117 Å². The van der Waals surface area contributed by atoms with E-state index in [2.05, 4.69) is 30.7 Å². The molecule has 5 heterocycles. The molecule has 2 fully saturated rings. The quantitative estimate of drug-likeness (QED) is 0.0916. The number of hydrogen-bond acceptors (Lipinski definition) is 16. The lowest BCUT2D eigenvalue weighted by Gasteiger charge is -2.43. The van der Waals surface area contributed by atoms with Gasteiger partial charge in [0.05, 0.1) is 52.5 Å². The molecule has 8 N–H and O–H groups in total. The van der Waals surface area contributed by atoms with Gasteiger partial charge in [0.2, 0.25) is 5.78 Å². The zero-order valence-electron chi connectivity index (χ0n) is 26.2. The first kappa shape index (κ1) is 40.7. The second-order valence-corrected chi connectivity index (χ2v) is 13.2. The number of aromatic nitrogens is 5. The zero-order valence-corrected chi connectivity index (χ0v) is 28.5. The SMILES string of the molecule is NN/C(=C\N=C1C(=O)C(CO)O[C@@H](S[C@@H]2OC(CO)C(O)C(n3cc(-c4ncc(C(F)(F)F)cc4Cl)nn3)[C@H]2O)C1O)c1ncc(C(F)(F)F)cc1Cl. The third-order valence-corrected chi connectivity index (χ3v) is 9.67. The molecule has 5 unspecified atom stereocenters. The van der Waals surface area contributed by atoms with Crippen LogP contribution in [0.15, 0.2) is 41.9 Å². The van der Waals surface area contributed by atoms with Gasteiger partial charge in [-0.25, -0.2) is 4.68 Å². The lowest BCUT2D eigenvalue weighted by atomic mass is 9.97. The number of carbonyl (C=O) groups excluding carboxylic acids is 1. The van der Waals surface area contributed by atoms with Crippen LogP contribution in [0.4, 0.5) is 26.3 Å². The number of halogens is 8. The van der Waals surface area contributed by atoms with Gasteiger partial charge in [0.1, 0.15) is 70.2 Å². The molecule has 25 heteroatoms. The number of rotatable bonds is 9. The van der Waals surface area contributed by atoms with Gasteiger partial charge in [0.25, 0.3) is 0 Å². The molecule has 8 atom stereocenters. The highest BCUT2D eigenvalue weighted by molar-refractivity contribution is 8.00. The first-order chi connectivity index (χ1) is 24.9. The van der Waals surface area contributed by atoms with Crippen LogP contribution in [-0.2, 0) is 26.6 Å². The molecule has 0 aromatic carbocycles. The summed E-state index contributed by atoms with van der Waals surface area (Å²) < 4.78 is 90.7. The number of alkyl halides is 6. The van der Waals surface area contributed by atoms with E-state index in [1.807, 2.05) is 0 Å². The van der Waals surface area contributed by atoms with E-state index >= 15 is 0 Å². The molecule has 53 heavy (non-hydrogen) atoms. The zero-order chi connectivity index (χ0) is 39.0. The molecule has 0 spiro atoms. The Morgan fingerprint density at radius 1 is 0.981 bits per heavy atom. The predicted octanol–water partition coefficient (Wildman–Crippen LogP) is 1.34. The van der Waals surface area contributed by atoms with Crippen molar-refractivity contribution in [1.29, 1.82) is 0 Å². The Morgan fingerprint density at radius 3 is 2.19 bits per heavy atom. The largest absolute Gasteiger partial charge is 0.417 e. The number of hydrazine groups is 1. The van der Waals surface area contributed by atoms with Gasteiger partial charge in [-0.15, -0.1) is 5.10 Å². The Hall–Kier alpha value is -3.49. The minimum Gasteiger partial charge on any atom is -0.394 e. The molecule has 3 aromatic rings. The van der Waals surface area contributed by atoms with E-state index in [-0.39, 0.29) is 22.8 Å². The predicted molar refractivity (Wildman–Crippen MR) is 171 cm³/mol. The smallest absolute Gasteiger partial charge is 0.394 e. The standard InChI is InChI=1S/C28H26Cl2F6N8O8S/c29-11-1-9(27(31,32)33)3-38-17(11)13(41-37)5-40-19-21(47)15(7-45)51-25(23(19)49)53-26-24(50)20(22(48)16(8-46)52-26)44-6-14(42-43-44)18-12(30)2-10(4-39-18)28(34,35)36/h1-6,15-16,20,22-26,41,45-46,48-50H,7-8,37H2/b13-5-,40-19?/t15?,16?,20?,22?,23?,24-,25+,26+/m1/s1. The number of aliphatic hydroxyl groups excluding tert-OH is 5. The van der Waals surface area contributed by atoms with Gasteiger partial charge in [-0.05, 0) is 12.1 Å². The summed E-state index contributed by atoms with van der Waals surface area (Å²) in [5.74, 6) is 4.49. The topological polar surface area (TPSA) is 244 Å². The van der Waals surface area contributed by atoms with Gasteiger partial charge < -0.3 is 40.4 Å². The summed E-state index contributed by atoms with van der Waals surface area (Å²) >= 11 is 12.5. The fourth-order valence-corrected chi connectivity index (χ4v) is 6.94. The lowest BCUT2D eigenvalue weighted by molar-refractivity contribution is -0.179. The number of nitrogens with two attached hydrogens (primary N) is 1. The van der Waals surface area contributed by atoms with Gasteiger partial charge in [-0.2, -0.15) is 26.3 Å². The van der Waals surface area contributed by atoms with Crippen LogP contribution in [0.5, 0.6) is 0 Å². The second-order valence-electron chi connectivity index (χ2n) is 11.2. The summed E-state index contributed by atoms with van der Waals surface area (Å²) in [6, 6.07) is -0.263. The Labute approximate surface area is 307 Å². The molecular formula is C28H26Cl2F6N8O8S. The number of aliphatic hydroxyl groups is 5. The molecular weight excluding hydrogens is 793 g/mol. The molecule has 0 amide bonds. The molecule has 2 aliphatic heterocycles. The maximum atomic E-state index is 13.1. The van der Waals surface area contributed by atoms with Crippen molar-refractivity contribution in [2.45, 2.75) is 59.8 Å². The van der Waals surface area contributed by atoms with Crippen molar-refractivity contribution in [3.05, 3.63) is 63.8 Å². The van der Waals surface area contributed by atoms with Crippen LogP contribution in [0.2, 0.25) is 10.0 Å². The average Bonchev–Trinajstić information content (AvgIpc) is 3.57. The van der Waals surface area contributed by atoms with Crippen molar-refractivity contribution in [3.63, 3.8) is 0 Å². The molecule has 0 radical (unpaired) electrons. The van der Waals surface area contributed by atoms with Crippen LogP contribution >= 0.6 is 35.0 Å². The minimum atomic E-state index is -4.76. The lowest BCUT2D eigenvalue weighted by Crippen LogP contribution is -2.57. The van der Waals surface area contributed by atoms with Crippen molar-refractivity contribution in [1.82, 2.24) is 30.4 Å². The Morgan fingerprint density at radius 2 is 1.62 bits per heavy atom. The van der Waals surface area contributed by atoms with Crippen molar-refractivity contribution < 1.29 is 66.1 Å². The molecule has 0 saturated carbocycles. The molecule has 0 bridgehead atoms. The highest BCUT2D eigenvalue weighted by Crippen LogP contribution is 2.40. The molecule has 2 aliphatic rings.